The van der Waals surface area contributed by atoms with E-state index >= 15 is 0 Å². The highest BCUT2D eigenvalue weighted by atomic mass is 79.9. The quantitative estimate of drug-likeness (QED) is 0.810. The lowest BCUT2D eigenvalue weighted by atomic mass is 9.98. The van der Waals surface area contributed by atoms with Gasteiger partial charge in [0.25, 0.3) is 0 Å². The molecule has 1 aromatic heterocycles. The van der Waals surface area contributed by atoms with E-state index in [0.717, 1.165) is 35.8 Å². The molecule has 2 N–H and O–H groups in total. The van der Waals surface area contributed by atoms with Crippen LogP contribution in [0.2, 0.25) is 0 Å². The molecule has 1 aromatic carbocycles. The fraction of sp³-hybridized carbons (Fsp3) is 0.471. The largest absolute Gasteiger partial charge is 0.339 e. The van der Waals surface area contributed by atoms with E-state index in [0.29, 0.717) is 24.7 Å². The average Bonchev–Trinajstić information content (AvgIpc) is 3.26. The molecular weight excluding hydrogens is 408 g/mol. The second kappa shape index (κ2) is 7.05. The number of carbonyl (C=O) groups excluding carboxylic acids is 1. The van der Waals surface area contributed by atoms with Crippen molar-refractivity contribution < 1.29 is 9.32 Å². The molecular formula is C17H20BrClN4O2. The van der Waals surface area contributed by atoms with Gasteiger partial charge in [0.05, 0.1) is 11.5 Å². The number of aromatic nitrogens is 2. The van der Waals surface area contributed by atoms with Gasteiger partial charge in [0.15, 0.2) is 5.82 Å². The molecule has 25 heavy (non-hydrogen) atoms. The standard InChI is InChI=1S/C17H19BrN4O2.ClH/c18-12-4-3-5-13(9-12)22-10-11(8-14(22)23)15-20-16(21-24-15)17(19)6-1-2-7-17;/h3-5,9,11H,1-2,6-8,10,19H2;1H. The van der Waals surface area contributed by atoms with Gasteiger partial charge in [-0.05, 0) is 31.0 Å². The first-order chi connectivity index (χ1) is 11.5. The number of amides is 1. The number of anilines is 1. The van der Waals surface area contributed by atoms with Gasteiger partial charge in [-0.15, -0.1) is 12.4 Å². The minimum atomic E-state index is -0.464. The lowest BCUT2D eigenvalue weighted by Gasteiger charge is -2.18. The molecule has 0 spiro atoms. The second-order valence-corrected chi connectivity index (χ2v) is 7.62. The van der Waals surface area contributed by atoms with E-state index in [4.69, 9.17) is 10.3 Å². The van der Waals surface area contributed by atoms with Crippen LogP contribution >= 0.6 is 28.3 Å². The van der Waals surface area contributed by atoms with Gasteiger partial charge in [0, 0.05) is 23.1 Å². The third kappa shape index (κ3) is 3.45. The first-order valence-electron chi connectivity index (χ1n) is 8.24. The van der Waals surface area contributed by atoms with Gasteiger partial charge in [0.2, 0.25) is 11.8 Å². The summed E-state index contributed by atoms with van der Waals surface area (Å²) in [5.74, 6) is 1.10. The van der Waals surface area contributed by atoms with Crippen LogP contribution < -0.4 is 10.6 Å². The summed E-state index contributed by atoms with van der Waals surface area (Å²) in [6, 6.07) is 7.72. The number of rotatable bonds is 3. The number of nitrogens with zero attached hydrogens (tertiary/aromatic N) is 3. The predicted octanol–water partition coefficient (Wildman–Crippen LogP) is 3.50. The predicted molar refractivity (Wildman–Crippen MR) is 99.7 cm³/mol. The highest BCUT2D eigenvalue weighted by Gasteiger charge is 2.39. The van der Waals surface area contributed by atoms with Gasteiger partial charge in [-0.2, -0.15) is 4.98 Å². The Morgan fingerprint density at radius 2 is 2.08 bits per heavy atom. The lowest BCUT2D eigenvalue weighted by molar-refractivity contribution is -0.117. The molecule has 4 rings (SSSR count). The molecule has 8 heteroatoms. The van der Waals surface area contributed by atoms with Crippen LogP contribution in [0.15, 0.2) is 33.3 Å². The van der Waals surface area contributed by atoms with E-state index in [2.05, 4.69) is 26.1 Å². The summed E-state index contributed by atoms with van der Waals surface area (Å²) in [4.78, 5) is 18.7. The Kier molecular flexibility index (Phi) is 5.18. The molecule has 2 aromatic rings. The Bertz CT molecular complexity index is 776. The van der Waals surface area contributed by atoms with Crippen molar-refractivity contribution in [3.8, 4) is 0 Å². The summed E-state index contributed by atoms with van der Waals surface area (Å²) in [5.41, 5.74) is 6.80. The van der Waals surface area contributed by atoms with Gasteiger partial charge < -0.3 is 15.2 Å². The molecule has 1 saturated heterocycles. The molecule has 2 aliphatic rings. The van der Waals surface area contributed by atoms with Crippen LogP contribution in [-0.4, -0.2) is 22.6 Å². The highest BCUT2D eigenvalue weighted by Crippen LogP contribution is 2.37. The smallest absolute Gasteiger partial charge is 0.232 e. The summed E-state index contributed by atoms with van der Waals surface area (Å²) in [5, 5.41) is 4.10. The average molecular weight is 428 g/mol. The van der Waals surface area contributed by atoms with Crippen LogP contribution in [-0.2, 0) is 10.3 Å². The number of hydrogen-bond donors (Lipinski definition) is 1. The Morgan fingerprint density at radius 3 is 2.80 bits per heavy atom. The Hall–Kier alpha value is -1.44. The molecule has 134 valence electrons. The zero-order chi connectivity index (χ0) is 16.7. The van der Waals surface area contributed by atoms with Gasteiger partial charge in [-0.25, -0.2) is 0 Å². The first kappa shape index (κ1) is 18.4. The monoisotopic (exact) mass is 426 g/mol. The minimum Gasteiger partial charge on any atom is -0.339 e. The van der Waals surface area contributed by atoms with E-state index in [9.17, 15) is 4.79 Å². The van der Waals surface area contributed by atoms with Crippen molar-refractivity contribution in [3.63, 3.8) is 0 Å². The lowest BCUT2D eigenvalue weighted by Crippen LogP contribution is -2.34. The fourth-order valence-corrected chi connectivity index (χ4v) is 3.99. The summed E-state index contributed by atoms with van der Waals surface area (Å²) < 4.78 is 6.40. The number of hydrogen-bond acceptors (Lipinski definition) is 5. The Morgan fingerprint density at radius 1 is 1.32 bits per heavy atom. The van der Waals surface area contributed by atoms with E-state index in [-0.39, 0.29) is 24.2 Å². The van der Waals surface area contributed by atoms with E-state index in [1.165, 1.54) is 0 Å². The summed E-state index contributed by atoms with van der Waals surface area (Å²) in [6.07, 6.45) is 4.35. The molecule has 1 aliphatic carbocycles. The number of halogens is 2. The topological polar surface area (TPSA) is 85.2 Å². The van der Waals surface area contributed by atoms with Crippen LogP contribution in [0.4, 0.5) is 5.69 Å². The zero-order valence-electron chi connectivity index (χ0n) is 13.7. The SMILES string of the molecule is Cl.NC1(c2noc(C3CC(=O)N(c4cccc(Br)c4)C3)n2)CCCC1. The normalized spacial score (nSPS) is 22.2. The van der Waals surface area contributed by atoms with E-state index < -0.39 is 5.54 Å². The number of nitrogens with two attached hydrogens (primary N) is 1. The molecule has 1 saturated carbocycles. The van der Waals surface area contributed by atoms with Gasteiger partial charge >= 0.3 is 0 Å². The first-order valence-corrected chi connectivity index (χ1v) is 9.03. The molecule has 1 aliphatic heterocycles. The van der Waals surface area contributed by atoms with Crippen molar-refractivity contribution in [3.05, 3.63) is 40.5 Å². The van der Waals surface area contributed by atoms with Crippen molar-refractivity contribution >= 4 is 39.9 Å². The molecule has 1 atom stereocenters. The molecule has 6 nitrogen and oxygen atoms in total. The molecule has 2 fully saturated rings. The molecule has 0 radical (unpaired) electrons. The van der Waals surface area contributed by atoms with Crippen LogP contribution in [0.3, 0.4) is 0 Å². The van der Waals surface area contributed by atoms with Crippen LogP contribution in [0.1, 0.15) is 49.7 Å². The zero-order valence-corrected chi connectivity index (χ0v) is 16.1. The van der Waals surface area contributed by atoms with Gasteiger partial charge in [0.1, 0.15) is 0 Å². The van der Waals surface area contributed by atoms with Crippen LogP contribution in [0, 0.1) is 0 Å². The summed E-state index contributed by atoms with van der Waals surface area (Å²) >= 11 is 3.44. The highest BCUT2D eigenvalue weighted by molar-refractivity contribution is 9.10. The van der Waals surface area contributed by atoms with Crippen molar-refractivity contribution in [2.24, 2.45) is 5.73 Å². The van der Waals surface area contributed by atoms with Crippen molar-refractivity contribution in [1.29, 1.82) is 0 Å². The fourth-order valence-electron chi connectivity index (χ4n) is 3.60. The van der Waals surface area contributed by atoms with E-state index in [1.807, 2.05) is 24.3 Å². The Balaban J connectivity index is 0.00000182. The number of benzene rings is 1. The third-order valence-corrected chi connectivity index (χ3v) is 5.47. The number of carbonyl (C=O) groups is 1. The molecule has 1 amide bonds. The third-order valence-electron chi connectivity index (χ3n) is 4.98. The summed E-state index contributed by atoms with van der Waals surface area (Å²) in [7, 11) is 0. The molecule has 0 bridgehead atoms. The van der Waals surface area contributed by atoms with E-state index in [1.54, 1.807) is 4.90 Å². The minimum absolute atomic E-state index is 0. The second-order valence-electron chi connectivity index (χ2n) is 6.70. The van der Waals surface area contributed by atoms with Gasteiger partial charge in [-0.3, -0.25) is 4.79 Å². The van der Waals surface area contributed by atoms with Crippen LogP contribution in [0.5, 0.6) is 0 Å². The maximum Gasteiger partial charge on any atom is 0.232 e. The van der Waals surface area contributed by atoms with Crippen molar-refractivity contribution in [2.45, 2.75) is 43.6 Å². The maximum absolute atomic E-state index is 12.4. The van der Waals surface area contributed by atoms with Crippen LogP contribution in [0.25, 0.3) is 0 Å². The summed E-state index contributed by atoms with van der Waals surface area (Å²) in [6.45, 7) is 0.550. The van der Waals surface area contributed by atoms with Crippen molar-refractivity contribution in [2.75, 3.05) is 11.4 Å². The van der Waals surface area contributed by atoms with Gasteiger partial charge in [-0.1, -0.05) is 40.0 Å². The molecule has 2 heterocycles. The molecule has 1 unspecified atom stereocenters. The van der Waals surface area contributed by atoms with Crippen molar-refractivity contribution in [1.82, 2.24) is 10.1 Å². The maximum atomic E-state index is 12.4. The Labute approximate surface area is 160 Å².